The summed E-state index contributed by atoms with van der Waals surface area (Å²) in [4.78, 5) is 12.0. The maximum atomic E-state index is 12.0. The van der Waals surface area contributed by atoms with Gasteiger partial charge in [0.15, 0.2) is 0 Å². The number of hydrogen-bond acceptors (Lipinski definition) is 9. The van der Waals surface area contributed by atoms with Crippen molar-refractivity contribution in [3.05, 3.63) is 29.3 Å². The fraction of sp³-hybridized carbons (Fsp3) is 0.312. The van der Waals surface area contributed by atoms with E-state index in [9.17, 15) is 4.79 Å². The lowest BCUT2D eigenvalue weighted by Gasteiger charge is -2.00. The van der Waals surface area contributed by atoms with Gasteiger partial charge in [-0.15, -0.1) is 20.4 Å². The maximum Gasteiger partial charge on any atom is 0.277 e. The van der Waals surface area contributed by atoms with Gasteiger partial charge in [-0.2, -0.15) is 0 Å². The number of ether oxygens (including phenoxy) is 1. The number of carbonyl (C=O) groups excluding carboxylic acids is 1. The summed E-state index contributed by atoms with van der Waals surface area (Å²) in [6, 6.07) is 7.32. The van der Waals surface area contributed by atoms with E-state index in [1.54, 1.807) is 13.2 Å². The number of methoxy groups -OCH3 is 1. The molecule has 0 saturated heterocycles. The molecular formula is C16H17N5O3S2. The molecule has 2 heterocycles. The number of aryl methyl sites for hydroxylation is 1. The topological polar surface area (TPSA) is 103 Å². The number of amides is 1. The molecule has 0 atom stereocenters. The van der Waals surface area contributed by atoms with Crippen LogP contribution in [-0.4, -0.2) is 39.2 Å². The number of hydrogen-bond donors (Lipinski definition) is 1. The smallest absolute Gasteiger partial charge is 0.277 e. The van der Waals surface area contributed by atoms with Crippen LogP contribution in [0.2, 0.25) is 0 Å². The largest absolute Gasteiger partial charge is 0.497 e. The van der Waals surface area contributed by atoms with E-state index in [2.05, 4.69) is 32.6 Å². The van der Waals surface area contributed by atoms with E-state index in [1.807, 2.05) is 18.2 Å². The molecule has 136 valence electrons. The Morgan fingerprint density at radius 3 is 3.00 bits per heavy atom. The summed E-state index contributed by atoms with van der Waals surface area (Å²) in [6.45, 7) is 2.07. The Morgan fingerprint density at radius 1 is 1.31 bits per heavy atom. The van der Waals surface area contributed by atoms with Crippen LogP contribution < -0.4 is 10.1 Å². The average molecular weight is 391 g/mol. The van der Waals surface area contributed by atoms with Gasteiger partial charge in [-0.25, -0.2) is 0 Å². The number of carbonyl (C=O) groups is 1. The molecule has 0 aliphatic rings. The van der Waals surface area contributed by atoms with Gasteiger partial charge < -0.3 is 9.15 Å². The van der Waals surface area contributed by atoms with Crippen molar-refractivity contribution in [1.29, 1.82) is 0 Å². The van der Waals surface area contributed by atoms with Crippen LogP contribution in [0.1, 0.15) is 18.4 Å². The van der Waals surface area contributed by atoms with Crippen LogP contribution in [-0.2, 0) is 11.2 Å². The van der Waals surface area contributed by atoms with Gasteiger partial charge >= 0.3 is 0 Å². The highest BCUT2D eigenvalue weighted by Gasteiger charge is 2.13. The highest BCUT2D eigenvalue weighted by molar-refractivity contribution is 7.99. The molecule has 0 spiro atoms. The molecule has 0 bridgehead atoms. The van der Waals surface area contributed by atoms with E-state index in [-0.39, 0.29) is 11.7 Å². The lowest BCUT2D eigenvalue weighted by Crippen LogP contribution is -2.13. The van der Waals surface area contributed by atoms with Crippen LogP contribution in [0.4, 0.5) is 5.13 Å². The maximum absolute atomic E-state index is 12.0. The summed E-state index contributed by atoms with van der Waals surface area (Å²) in [7, 11) is 1.59. The minimum atomic E-state index is -0.199. The quantitative estimate of drug-likeness (QED) is 0.584. The van der Waals surface area contributed by atoms with E-state index >= 15 is 0 Å². The Bertz CT molecular complexity index is 880. The first-order chi connectivity index (χ1) is 12.7. The van der Waals surface area contributed by atoms with Gasteiger partial charge in [0.05, 0.1) is 12.9 Å². The molecule has 10 heteroatoms. The Hall–Kier alpha value is -2.46. The highest BCUT2D eigenvalue weighted by atomic mass is 32.2. The Labute approximate surface area is 158 Å². The van der Waals surface area contributed by atoms with Gasteiger partial charge in [0.2, 0.25) is 16.9 Å². The standard InChI is InChI=1S/C16H17N5O3S2/c1-3-5-13-18-20-15(26-13)17-12(22)9-25-16-21-19-14(24-16)10-6-4-7-11(8-10)23-2/h4,6-8H,3,5,9H2,1-2H3,(H,17,20,22). The lowest BCUT2D eigenvalue weighted by molar-refractivity contribution is -0.113. The number of nitrogens with zero attached hydrogens (tertiary/aromatic N) is 4. The number of aromatic nitrogens is 4. The lowest BCUT2D eigenvalue weighted by atomic mass is 10.2. The van der Waals surface area contributed by atoms with Gasteiger partial charge in [-0.3, -0.25) is 10.1 Å². The zero-order valence-electron chi connectivity index (χ0n) is 14.3. The number of thioether (sulfide) groups is 1. The SMILES string of the molecule is CCCc1nnc(NC(=O)CSc2nnc(-c3cccc(OC)c3)o2)s1. The van der Waals surface area contributed by atoms with Crippen molar-refractivity contribution in [3.63, 3.8) is 0 Å². The highest BCUT2D eigenvalue weighted by Crippen LogP contribution is 2.26. The molecule has 2 aromatic heterocycles. The summed E-state index contributed by atoms with van der Waals surface area (Å²) in [6.07, 6.45) is 1.85. The Balaban J connectivity index is 1.54. The summed E-state index contributed by atoms with van der Waals surface area (Å²) in [5, 5.41) is 20.4. The van der Waals surface area contributed by atoms with Crippen LogP contribution in [0.25, 0.3) is 11.5 Å². The third-order valence-electron chi connectivity index (χ3n) is 3.23. The van der Waals surface area contributed by atoms with Crippen LogP contribution in [0, 0.1) is 0 Å². The van der Waals surface area contributed by atoms with E-state index in [1.165, 1.54) is 11.3 Å². The van der Waals surface area contributed by atoms with Crippen molar-refractivity contribution in [1.82, 2.24) is 20.4 Å². The molecule has 0 aliphatic carbocycles. The van der Waals surface area contributed by atoms with Crippen molar-refractivity contribution in [2.45, 2.75) is 25.0 Å². The summed E-state index contributed by atoms with van der Waals surface area (Å²) < 4.78 is 10.8. The molecule has 1 amide bonds. The zero-order chi connectivity index (χ0) is 18.4. The van der Waals surface area contributed by atoms with Gasteiger partial charge in [0.25, 0.3) is 5.22 Å². The Morgan fingerprint density at radius 2 is 2.19 bits per heavy atom. The first kappa shape index (κ1) is 18.3. The van der Waals surface area contributed by atoms with Crippen LogP contribution in [0.3, 0.4) is 0 Å². The van der Waals surface area contributed by atoms with E-state index < -0.39 is 0 Å². The van der Waals surface area contributed by atoms with E-state index in [0.29, 0.717) is 22.0 Å². The molecule has 3 aromatic rings. The van der Waals surface area contributed by atoms with Gasteiger partial charge in [-0.1, -0.05) is 36.1 Å². The van der Waals surface area contributed by atoms with Crippen molar-refractivity contribution in [2.24, 2.45) is 0 Å². The van der Waals surface area contributed by atoms with Crippen LogP contribution in [0.5, 0.6) is 5.75 Å². The third-order valence-corrected chi connectivity index (χ3v) is 4.94. The molecule has 3 rings (SSSR count). The van der Waals surface area contributed by atoms with Crippen LogP contribution in [0.15, 0.2) is 33.9 Å². The molecule has 0 radical (unpaired) electrons. The number of rotatable bonds is 8. The molecule has 26 heavy (non-hydrogen) atoms. The minimum absolute atomic E-state index is 0.141. The van der Waals surface area contributed by atoms with Crippen molar-refractivity contribution in [3.8, 4) is 17.2 Å². The van der Waals surface area contributed by atoms with E-state index in [0.717, 1.165) is 35.2 Å². The molecule has 0 saturated carbocycles. The second-order valence-electron chi connectivity index (χ2n) is 5.19. The average Bonchev–Trinajstić information content (AvgIpc) is 3.30. The van der Waals surface area contributed by atoms with E-state index in [4.69, 9.17) is 9.15 Å². The first-order valence-corrected chi connectivity index (χ1v) is 9.71. The number of nitrogens with one attached hydrogen (secondary N) is 1. The zero-order valence-corrected chi connectivity index (χ0v) is 15.9. The first-order valence-electron chi connectivity index (χ1n) is 7.91. The Kier molecular flexibility index (Phi) is 6.18. The van der Waals surface area contributed by atoms with Crippen molar-refractivity contribution in [2.75, 3.05) is 18.2 Å². The monoisotopic (exact) mass is 391 g/mol. The predicted octanol–water partition coefficient (Wildman–Crippen LogP) is 3.28. The molecule has 0 unspecified atom stereocenters. The molecule has 0 aliphatic heterocycles. The second kappa shape index (κ2) is 8.77. The summed E-state index contributed by atoms with van der Waals surface area (Å²) >= 11 is 2.55. The van der Waals surface area contributed by atoms with Crippen molar-refractivity contribution < 1.29 is 13.9 Å². The van der Waals surface area contributed by atoms with Gasteiger partial charge in [-0.05, 0) is 24.6 Å². The summed E-state index contributed by atoms with van der Waals surface area (Å²) in [5.74, 6) is 1.02. The summed E-state index contributed by atoms with van der Waals surface area (Å²) in [5.41, 5.74) is 0.755. The number of anilines is 1. The molecule has 1 aromatic carbocycles. The van der Waals surface area contributed by atoms with Gasteiger partial charge in [0, 0.05) is 12.0 Å². The van der Waals surface area contributed by atoms with Crippen LogP contribution >= 0.6 is 23.1 Å². The van der Waals surface area contributed by atoms with Gasteiger partial charge in [0.1, 0.15) is 10.8 Å². The fourth-order valence-electron chi connectivity index (χ4n) is 2.04. The molecule has 1 N–H and O–H groups in total. The van der Waals surface area contributed by atoms with Crippen molar-refractivity contribution >= 4 is 34.1 Å². The normalized spacial score (nSPS) is 10.7. The molecular weight excluding hydrogens is 374 g/mol. The number of benzene rings is 1. The third kappa shape index (κ3) is 4.79. The minimum Gasteiger partial charge on any atom is -0.497 e. The second-order valence-corrected chi connectivity index (χ2v) is 7.18. The molecule has 0 fully saturated rings. The molecule has 8 nitrogen and oxygen atoms in total. The predicted molar refractivity (Wildman–Crippen MR) is 99.5 cm³/mol. The fourth-order valence-corrected chi connectivity index (χ4v) is 3.46.